The maximum atomic E-state index is 12.1. The summed E-state index contributed by atoms with van der Waals surface area (Å²) >= 11 is 0. The third kappa shape index (κ3) is 3.79. The molecule has 2 aromatic heterocycles. The number of nitrogens with zero attached hydrogens (tertiary/aromatic N) is 3. The van der Waals surface area contributed by atoms with Gasteiger partial charge in [-0.05, 0) is 31.5 Å². The molecule has 0 bridgehead atoms. The Bertz CT molecular complexity index is 671. The number of aromatic nitrogens is 2. The first kappa shape index (κ1) is 17.1. The molecule has 0 aliphatic heterocycles. The summed E-state index contributed by atoms with van der Waals surface area (Å²) in [6, 6.07) is 5.57. The molecule has 110 valence electrons. The fraction of sp³-hybridized carbons (Fsp3) is 0.467. The van der Waals surface area contributed by atoms with Gasteiger partial charge < -0.3 is 28.5 Å². The summed E-state index contributed by atoms with van der Waals surface area (Å²) in [5.74, 6) is 0. The fourth-order valence-electron chi connectivity index (χ4n) is 2.20. The number of rotatable bonds is 3. The second-order valence-electron chi connectivity index (χ2n) is 6.15. The van der Waals surface area contributed by atoms with Gasteiger partial charge in [0.1, 0.15) is 5.65 Å². The molecule has 20 heavy (non-hydrogen) atoms. The van der Waals surface area contributed by atoms with Crippen LogP contribution < -0.4 is 29.5 Å². The van der Waals surface area contributed by atoms with Gasteiger partial charge in [0, 0.05) is 17.1 Å². The van der Waals surface area contributed by atoms with Crippen molar-refractivity contribution in [3.63, 3.8) is 0 Å². The number of likely N-dealkylation sites (N-methyl/N-ethyl adjacent to an activating group) is 1. The van der Waals surface area contributed by atoms with Crippen molar-refractivity contribution in [2.75, 3.05) is 27.7 Å². The molecule has 0 aliphatic rings. The lowest BCUT2D eigenvalue weighted by atomic mass is 10.1. The van der Waals surface area contributed by atoms with E-state index in [4.69, 9.17) is 0 Å². The van der Waals surface area contributed by atoms with Crippen molar-refractivity contribution in [2.24, 2.45) is 0 Å². The van der Waals surface area contributed by atoms with Crippen LogP contribution in [0.3, 0.4) is 0 Å². The van der Waals surface area contributed by atoms with Crippen LogP contribution in [-0.2, 0) is 6.54 Å². The van der Waals surface area contributed by atoms with Crippen molar-refractivity contribution in [3.05, 3.63) is 39.8 Å². The van der Waals surface area contributed by atoms with Gasteiger partial charge in [-0.2, -0.15) is 0 Å². The van der Waals surface area contributed by atoms with Crippen molar-refractivity contribution in [1.82, 2.24) is 9.55 Å². The molecule has 0 N–H and O–H groups in total. The number of aryl methyl sites for hydroxylation is 2. The summed E-state index contributed by atoms with van der Waals surface area (Å²) in [7, 11) is 6.38. The number of hydrogen-bond donors (Lipinski definition) is 0. The minimum Gasteiger partial charge on any atom is -1.00 e. The molecule has 2 rings (SSSR count). The van der Waals surface area contributed by atoms with Gasteiger partial charge in [0.2, 0.25) is 0 Å². The quantitative estimate of drug-likeness (QED) is 0.486. The zero-order valence-electron chi connectivity index (χ0n) is 12.8. The van der Waals surface area contributed by atoms with Crippen LogP contribution in [0, 0.1) is 13.8 Å². The van der Waals surface area contributed by atoms with Gasteiger partial charge in [-0.3, -0.25) is 9.36 Å². The molecule has 4 nitrogen and oxygen atoms in total. The van der Waals surface area contributed by atoms with E-state index >= 15 is 0 Å². The molecule has 2 aromatic rings. The van der Waals surface area contributed by atoms with Gasteiger partial charge in [-0.15, -0.1) is 0 Å². The SMILES string of the molecule is Cc1cc(C)c2ccc(=O)n(CC[N+](C)(C)C)c2n1.[I-]. The second kappa shape index (κ2) is 6.22. The summed E-state index contributed by atoms with van der Waals surface area (Å²) in [6.45, 7) is 5.61. The topological polar surface area (TPSA) is 34.9 Å². The predicted octanol–water partition coefficient (Wildman–Crippen LogP) is -1.28. The number of quaternary nitrogens is 1. The highest BCUT2D eigenvalue weighted by Gasteiger charge is 2.11. The highest BCUT2D eigenvalue weighted by molar-refractivity contribution is 5.79. The Balaban J connectivity index is 0.00000200. The summed E-state index contributed by atoms with van der Waals surface area (Å²) in [4.78, 5) is 16.6. The normalized spacial score (nSPS) is 11.4. The van der Waals surface area contributed by atoms with Gasteiger partial charge in [-0.25, -0.2) is 4.98 Å². The van der Waals surface area contributed by atoms with Crippen molar-refractivity contribution < 1.29 is 28.5 Å². The zero-order valence-corrected chi connectivity index (χ0v) is 14.9. The Hall–Kier alpha value is -0.950. The number of fused-ring (bicyclic) bond motifs is 1. The highest BCUT2D eigenvalue weighted by atomic mass is 127. The maximum Gasteiger partial charge on any atom is 0.252 e. The van der Waals surface area contributed by atoms with Crippen LogP contribution in [0.4, 0.5) is 0 Å². The molecule has 5 heteroatoms. The first-order valence-corrected chi connectivity index (χ1v) is 6.56. The van der Waals surface area contributed by atoms with Crippen molar-refractivity contribution in [1.29, 1.82) is 0 Å². The van der Waals surface area contributed by atoms with Crippen LogP contribution in [0.2, 0.25) is 0 Å². The van der Waals surface area contributed by atoms with E-state index in [1.165, 1.54) is 5.56 Å². The van der Waals surface area contributed by atoms with E-state index in [9.17, 15) is 4.79 Å². The average Bonchev–Trinajstić information content (AvgIpc) is 2.25. The minimum absolute atomic E-state index is 0. The second-order valence-corrected chi connectivity index (χ2v) is 6.15. The van der Waals surface area contributed by atoms with Crippen LogP contribution in [0.15, 0.2) is 23.0 Å². The van der Waals surface area contributed by atoms with Crippen LogP contribution in [0.5, 0.6) is 0 Å². The third-order valence-electron chi connectivity index (χ3n) is 3.28. The summed E-state index contributed by atoms with van der Waals surface area (Å²) < 4.78 is 2.62. The Morgan fingerprint density at radius 2 is 1.85 bits per heavy atom. The molecule has 0 aliphatic carbocycles. The maximum absolute atomic E-state index is 12.1. The van der Waals surface area contributed by atoms with E-state index < -0.39 is 0 Å². The largest absolute Gasteiger partial charge is 1.00 e. The lowest BCUT2D eigenvalue weighted by molar-refractivity contribution is -0.871. The monoisotopic (exact) mass is 387 g/mol. The van der Waals surface area contributed by atoms with Gasteiger partial charge in [0.25, 0.3) is 5.56 Å². The highest BCUT2D eigenvalue weighted by Crippen LogP contribution is 2.16. The van der Waals surface area contributed by atoms with E-state index in [0.717, 1.165) is 27.8 Å². The smallest absolute Gasteiger partial charge is 0.252 e. The Morgan fingerprint density at radius 3 is 2.45 bits per heavy atom. The third-order valence-corrected chi connectivity index (χ3v) is 3.28. The summed E-state index contributed by atoms with van der Waals surface area (Å²) in [5.41, 5.74) is 2.95. The number of pyridine rings is 2. The summed E-state index contributed by atoms with van der Waals surface area (Å²) in [6.07, 6.45) is 0. The molecule has 0 aromatic carbocycles. The molecule has 0 saturated heterocycles. The van der Waals surface area contributed by atoms with E-state index in [0.29, 0.717) is 6.54 Å². The Kier molecular flexibility index (Phi) is 5.32. The van der Waals surface area contributed by atoms with E-state index in [-0.39, 0.29) is 29.5 Å². The Labute approximate surface area is 137 Å². The van der Waals surface area contributed by atoms with Crippen LogP contribution >= 0.6 is 0 Å². The van der Waals surface area contributed by atoms with E-state index in [1.807, 2.05) is 13.0 Å². The fourth-order valence-corrected chi connectivity index (χ4v) is 2.20. The molecular formula is C15H22IN3O. The van der Waals surface area contributed by atoms with Crippen LogP contribution in [0.25, 0.3) is 11.0 Å². The molecule has 2 heterocycles. The predicted molar refractivity (Wildman–Crippen MR) is 78.4 cm³/mol. The number of hydrogen-bond acceptors (Lipinski definition) is 2. The molecule has 0 unspecified atom stereocenters. The summed E-state index contributed by atoms with van der Waals surface area (Å²) in [5, 5.41) is 1.06. The molecule has 0 spiro atoms. The lowest BCUT2D eigenvalue weighted by Crippen LogP contribution is -3.00. The van der Waals surface area contributed by atoms with Gasteiger partial charge >= 0.3 is 0 Å². The first-order chi connectivity index (χ1) is 8.78. The number of halogens is 1. The van der Waals surface area contributed by atoms with Gasteiger partial charge in [-0.1, -0.05) is 0 Å². The van der Waals surface area contributed by atoms with Crippen LogP contribution in [0.1, 0.15) is 11.3 Å². The molecular weight excluding hydrogens is 365 g/mol. The van der Waals surface area contributed by atoms with Crippen molar-refractivity contribution in [2.45, 2.75) is 20.4 Å². The van der Waals surface area contributed by atoms with Crippen molar-refractivity contribution in [3.8, 4) is 0 Å². The molecule has 0 saturated carbocycles. The zero-order chi connectivity index (χ0) is 14.2. The van der Waals surface area contributed by atoms with Gasteiger partial charge in [0.15, 0.2) is 0 Å². The van der Waals surface area contributed by atoms with Crippen molar-refractivity contribution >= 4 is 11.0 Å². The molecule has 0 fully saturated rings. The van der Waals surface area contributed by atoms with E-state index in [1.54, 1.807) is 10.6 Å². The van der Waals surface area contributed by atoms with E-state index in [2.05, 4.69) is 39.1 Å². The minimum atomic E-state index is 0. The Morgan fingerprint density at radius 1 is 1.20 bits per heavy atom. The molecule has 0 radical (unpaired) electrons. The standard InChI is InChI=1S/C15H22N3O.HI/c1-11-10-12(2)16-15-13(11)6-7-14(19)17(15)8-9-18(3,4)5;/h6-7,10H,8-9H2,1-5H3;1H/q+1;/p-1. The lowest BCUT2D eigenvalue weighted by Gasteiger charge is -2.24. The molecule has 0 amide bonds. The first-order valence-electron chi connectivity index (χ1n) is 6.56. The average molecular weight is 387 g/mol. The van der Waals surface area contributed by atoms with Crippen LogP contribution in [-0.4, -0.2) is 41.7 Å². The molecule has 0 atom stereocenters. The van der Waals surface area contributed by atoms with Gasteiger partial charge in [0.05, 0.1) is 34.2 Å².